The number of hydrogen-bond acceptors (Lipinski definition) is 2. The van der Waals surface area contributed by atoms with E-state index in [-0.39, 0.29) is 11.9 Å². The van der Waals surface area contributed by atoms with Crippen LogP contribution in [0.3, 0.4) is 0 Å². The minimum Gasteiger partial charge on any atom is -0.496 e. The molecule has 0 N–H and O–H groups in total. The average molecular weight is 314 g/mol. The van der Waals surface area contributed by atoms with Gasteiger partial charge in [0.25, 0.3) is 5.91 Å². The van der Waals surface area contributed by atoms with Crippen molar-refractivity contribution in [3.05, 3.63) is 28.2 Å². The van der Waals surface area contributed by atoms with Gasteiger partial charge >= 0.3 is 0 Å². The summed E-state index contributed by atoms with van der Waals surface area (Å²) < 4.78 is 6.18. The molecule has 0 aliphatic rings. The number of benzene rings is 1. The van der Waals surface area contributed by atoms with Gasteiger partial charge in [0.15, 0.2) is 0 Å². The molecule has 1 unspecified atom stereocenters. The van der Waals surface area contributed by atoms with Crippen molar-refractivity contribution in [1.29, 1.82) is 0 Å². The van der Waals surface area contributed by atoms with Crippen LogP contribution in [0.2, 0.25) is 0 Å². The van der Waals surface area contributed by atoms with Gasteiger partial charge in [0, 0.05) is 17.1 Å². The van der Waals surface area contributed by atoms with Crippen LogP contribution in [0.25, 0.3) is 0 Å². The van der Waals surface area contributed by atoms with E-state index in [1.54, 1.807) is 13.2 Å². The lowest BCUT2D eigenvalue weighted by molar-refractivity contribution is 0.0696. The molecule has 3 nitrogen and oxygen atoms in total. The van der Waals surface area contributed by atoms with Crippen molar-refractivity contribution in [1.82, 2.24) is 4.90 Å². The standard InChI is InChI=1S/C14H20BrNO2/c1-5-10(3)16(6-2)14(17)12-8-7-11(15)9-13(12)18-4/h7-10H,5-6H2,1-4H3. The summed E-state index contributed by atoms with van der Waals surface area (Å²) in [5.41, 5.74) is 0.614. The van der Waals surface area contributed by atoms with E-state index in [9.17, 15) is 4.79 Å². The van der Waals surface area contributed by atoms with E-state index >= 15 is 0 Å². The van der Waals surface area contributed by atoms with Crippen LogP contribution in [0.5, 0.6) is 5.75 Å². The quantitative estimate of drug-likeness (QED) is 0.829. The monoisotopic (exact) mass is 313 g/mol. The lowest BCUT2D eigenvalue weighted by Crippen LogP contribution is -2.38. The Morgan fingerprint density at radius 2 is 2.11 bits per heavy atom. The van der Waals surface area contributed by atoms with E-state index in [0.717, 1.165) is 10.9 Å². The van der Waals surface area contributed by atoms with E-state index in [2.05, 4.69) is 29.8 Å². The topological polar surface area (TPSA) is 29.5 Å². The van der Waals surface area contributed by atoms with Crippen molar-refractivity contribution < 1.29 is 9.53 Å². The Morgan fingerprint density at radius 3 is 2.61 bits per heavy atom. The maximum Gasteiger partial charge on any atom is 0.257 e. The summed E-state index contributed by atoms with van der Waals surface area (Å²) in [7, 11) is 1.58. The Bertz CT molecular complexity index is 420. The van der Waals surface area contributed by atoms with Crippen LogP contribution in [-0.2, 0) is 0 Å². The number of hydrogen-bond donors (Lipinski definition) is 0. The van der Waals surface area contributed by atoms with Gasteiger partial charge in [-0.25, -0.2) is 0 Å². The highest BCUT2D eigenvalue weighted by atomic mass is 79.9. The average Bonchev–Trinajstić information content (AvgIpc) is 2.38. The fourth-order valence-corrected chi connectivity index (χ4v) is 2.21. The molecule has 1 aromatic rings. The Hall–Kier alpha value is -1.03. The molecule has 0 heterocycles. The van der Waals surface area contributed by atoms with Gasteiger partial charge in [0.05, 0.1) is 12.7 Å². The number of rotatable bonds is 5. The molecule has 0 bridgehead atoms. The van der Waals surface area contributed by atoms with Crippen LogP contribution in [0, 0.1) is 0 Å². The highest BCUT2D eigenvalue weighted by Crippen LogP contribution is 2.25. The van der Waals surface area contributed by atoms with Crippen LogP contribution in [-0.4, -0.2) is 30.5 Å². The molecule has 1 atom stereocenters. The lowest BCUT2D eigenvalue weighted by atomic mass is 10.1. The van der Waals surface area contributed by atoms with Crippen LogP contribution in [0.4, 0.5) is 0 Å². The third-order valence-electron chi connectivity index (χ3n) is 3.12. The zero-order valence-corrected chi connectivity index (χ0v) is 13.0. The van der Waals surface area contributed by atoms with Gasteiger partial charge in [-0.3, -0.25) is 4.79 Å². The number of methoxy groups -OCH3 is 1. The summed E-state index contributed by atoms with van der Waals surface area (Å²) in [6.07, 6.45) is 0.943. The molecule has 100 valence electrons. The van der Waals surface area contributed by atoms with Gasteiger partial charge < -0.3 is 9.64 Å². The first-order chi connectivity index (χ1) is 8.54. The molecule has 1 rings (SSSR count). The summed E-state index contributed by atoms with van der Waals surface area (Å²) in [6.45, 7) is 6.84. The molecule has 0 saturated heterocycles. The van der Waals surface area contributed by atoms with Gasteiger partial charge in [0.1, 0.15) is 5.75 Å². The molecule has 0 aliphatic heterocycles. The first-order valence-corrected chi connectivity index (χ1v) is 6.98. The van der Waals surface area contributed by atoms with Crippen molar-refractivity contribution in [3.63, 3.8) is 0 Å². The zero-order chi connectivity index (χ0) is 13.7. The van der Waals surface area contributed by atoms with Crippen LogP contribution < -0.4 is 4.74 Å². The van der Waals surface area contributed by atoms with Crippen LogP contribution in [0.1, 0.15) is 37.6 Å². The van der Waals surface area contributed by atoms with Crippen molar-refractivity contribution in [2.75, 3.05) is 13.7 Å². The molecular weight excluding hydrogens is 294 g/mol. The Morgan fingerprint density at radius 1 is 1.44 bits per heavy atom. The predicted octanol–water partition coefficient (Wildman–Crippen LogP) is 3.72. The number of nitrogens with zero attached hydrogens (tertiary/aromatic N) is 1. The molecule has 1 amide bonds. The minimum atomic E-state index is 0.0243. The van der Waals surface area contributed by atoms with Crippen molar-refractivity contribution in [2.45, 2.75) is 33.2 Å². The third kappa shape index (κ3) is 3.25. The van der Waals surface area contributed by atoms with Crippen molar-refractivity contribution in [3.8, 4) is 5.75 Å². The molecule has 0 aliphatic carbocycles. The Kier molecular flexibility index (Phi) is 5.66. The van der Waals surface area contributed by atoms with Gasteiger partial charge in [0.2, 0.25) is 0 Å². The minimum absolute atomic E-state index is 0.0243. The predicted molar refractivity (Wildman–Crippen MR) is 77.2 cm³/mol. The molecule has 18 heavy (non-hydrogen) atoms. The smallest absolute Gasteiger partial charge is 0.257 e. The van der Waals surface area contributed by atoms with Gasteiger partial charge in [-0.2, -0.15) is 0 Å². The first kappa shape index (κ1) is 15.0. The summed E-state index contributed by atoms with van der Waals surface area (Å²) in [5, 5.41) is 0. The summed E-state index contributed by atoms with van der Waals surface area (Å²) in [6, 6.07) is 5.71. The van der Waals surface area contributed by atoms with E-state index in [0.29, 0.717) is 17.9 Å². The maximum atomic E-state index is 12.5. The molecular formula is C14H20BrNO2. The van der Waals surface area contributed by atoms with E-state index in [1.165, 1.54) is 0 Å². The van der Waals surface area contributed by atoms with Crippen LogP contribution >= 0.6 is 15.9 Å². The lowest BCUT2D eigenvalue weighted by Gasteiger charge is -2.27. The molecule has 0 radical (unpaired) electrons. The summed E-state index contributed by atoms with van der Waals surface area (Å²) in [5.74, 6) is 0.632. The van der Waals surface area contributed by atoms with Crippen LogP contribution in [0.15, 0.2) is 22.7 Å². The summed E-state index contributed by atoms with van der Waals surface area (Å²) in [4.78, 5) is 14.4. The highest BCUT2D eigenvalue weighted by molar-refractivity contribution is 9.10. The number of halogens is 1. The first-order valence-electron chi connectivity index (χ1n) is 6.19. The van der Waals surface area contributed by atoms with Gasteiger partial charge in [-0.1, -0.05) is 22.9 Å². The molecule has 1 aromatic carbocycles. The van der Waals surface area contributed by atoms with Crippen molar-refractivity contribution in [2.24, 2.45) is 0 Å². The van der Waals surface area contributed by atoms with Gasteiger partial charge in [-0.05, 0) is 38.5 Å². The molecule has 0 spiro atoms. The summed E-state index contributed by atoms with van der Waals surface area (Å²) >= 11 is 3.38. The van der Waals surface area contributed by atoms with E-state index in [4.69, 9.17) is 4.74 Å². The fourth-order valence-electron chi connectivity index (χ4n) is 1.87. The second-order valence-corrected chi connectivity index (χ2v) is 5.11. The third-order valence-corrected chi connectivity index (χ3v) is 3.61. The number of carbonyl (C=O) groups excluding carboxylic acids is 1. The second kappa shape index (κ2) is 6.78. The normalized spacial score (nSPS) is 12.1. The fraction of sp³-hybridized carbons (Fsp3) is 0.500. The number of ether oxygens (including phenoxy) is 1. The number of carbonyl (C=O) groups is 1. The second-order valence-electron chi connectivity index (χ2n) is 4.19. The SMILES string of the molecule is CCC(C)N(CC)C(=O)c1ccc(Br)cc1OC. The molecule has 0 aromatic heterocycles. The van der Waals surface area contributed by atoms with E-state index in [1.807, 2.05) is 24.0 Å². The number of amides is 1. The van der Waals surface area contributed by atoms with Gasteiger partial charge in [-0.15, -0.1) is 0 Å². The van der Waals surface area contributed by atoms with E-state index < -0.39 is 0 Å². The molecule has 4 heteroatoms. The Labute approximate surface area is 117 Å². The largest absolute Gasteiger partial charge is 0.496 e. The highest BCUT2D eigenvalue weighted by Gasteiger charge is 2.21. The zero-order valence-electron chi connectivity index (χ0n) is 11.4. The van der Waals surface area contributed by atoms with Crippen molar-refractivity contribution >= 4 is 21.8 Å². The molecule has 0 saturated carbocycles. The maximum absolute atomic E-state index is 12.5. The Balaban J connectivity index is 3.09. The molecule has 0 fully saturated rings.